The van der Waals surface area contributed by atoms with Gasteiger partial charge < -0.3 is 15.8 Å². The van der Waals surface area contributed by atoms with Crippen molar-refractivity contribution >= 4 is 11.5 Å². The van der Waals surface area contributed by atoms with Crippen molar-refractivity contribution in [2.75, 3.05) is 11.9 Å². The molecular weight excluding hydrogens is 262 g/mol. The molecule has 1 aliphatic carbocycles. The molecule has 0 radical (unpaired) electrons. The summed E-state index contributed by atoms with van der Waals surface area (Å²) in [5.41, 5.74) is 5.99. The SMILES string of the molecule is N#Cc1cc([N+](=O)[O-])cnc1NC1C(N)C2CCOC21. The van der Waals surface area contributed by atoms with E-state index in [1.54, 1.807) is 0 Å². The summed E-state index contributed by atoms with van der Waals surface area (Å²) in [5.74, 6) is 0.656. The molecule has 8 heteroatoms. The number of nitrogens with zero attached hydrogens (tertiary/aromatic N) is 3. The van der Waals surface area contributed by atoms with Gasteiger partial charge in [0.15, 0.2) is 0 Å². The topological polar surface area (TPSA) is 127 Å². The van der Waals surface area contributed by atoms with Crippen LogP contribution in [0.5, 0.6) is 0 Å². The fourth-order valence-corrected chi connectivity index (χ4v) is 2.84. The first kappa shape index (κ1) is 12.8. The highest BCUT2D eigenvalue weighted by atomic mass is 16.6. The quantitative estimate of drug-likeness (QED) is 0.603. The van der Waals surface area contributed by atoms with Crippen LogP contribution < -0.4 is 11.1 Å². The standard InChI is InChI=1S/C12H13N5O3/c13-4-6-3-7(17(18)19)5-15-12(6)16-10-9(14)8-1-2-20-11(8)10/h3,5,8-11H,1-2,14H2,(H,15,16). The Hall–Kier alpha value is -2.24. The second-order valence-electron chi connectivity index (χ2n) is 4.99. The third-order valence-corrected chi connectivity index (χ3v) is 3.95. The maximum absolute atomic E-state index is 10.7. The highest BCUT2D eigenvalue weighted by molar-refractivity contribution is 5.56. The lowest BCUT2D eigenvalue weighted by atomic mass is 9.72. The van der Waals surface area contributed by atoms with E-state index in [0.717, 1.165) is 12.6 Å². The minimum Gasteiger partial charge on any atom is -0.376 e. The Morgan fingerprint density at radius 1 is 1.65 bits per heavy atom. The normalized spacial score (nSPS) is 31.0. The molecule has 2 heterocycles. The largest absolute Gasteiger partial charge is 0.376 e. The minimum absolute atomic E-state index is 0.0357. The molecule has 1 aromatic heterocycles. The maximum Gasteiger partial charge on any atom is 0.289 e. The van der Waals surface area contributed by atoms with Crippen LogP contribution in [0.1, 0.15) is 12.0 Å². The summed E-state index contributed by atoms with van der Waals surface area (Å²) in [6.07, 6.45) is 2.11. The van der Waals surface area contributed by atoms with Gasteiger partial charge in [-0.3, -0.25) is 10.1 Å². The summed E-state index contributed by atoms with van der Waals surface area (Å²) in [5, 5.41) is 22.8. The van der Waals surface area contributed by atoms with Gasteiger partial charge in [0.05, 0.1) is 17.1 Å². The van der Waals surface area contributed by atoms with E-state index in [2.05, 4.69) is 10.3 Å². The smallest absolute Gasteiger partial charge is 0.289 e. The van der Waals surface area contributed by atoms with Gasteiger partial charge in [-0.1, -0.05) is 0 Å². The maximum atomic E-state index is 10.7. The van der Waals surface area contributed by atoms with E-state index in [1.807, 2.05) is 6.07 Å². The number of pyridine rings is 1. The second-order valence-corrected chi connectivity index (χ2v) is 4.99. The van der Waals surface area contributed by atoms with E-state index in [1.165, 1.54) is 6.07 Å². The van der Waals surface area contributed by atoms with Crippen LogP contribution in [0.3, 0.4) is 0 Å². The Kier molecular flexibility index (Phi) is 3.00. The first-order valence-electron chi connectivity index (χ1n) is 6.30. The monoisotopic (exact) mass is 275 g/mol. The number of nitrogens with one attached hydrogen (secondary N) is 1. The summed E-state index contributed by atoms with van der Waals surface area (Å²) in [7, 11) is 0. The molecular formula is C12H13N5O3. The summed E-state index contributed by atoms with van der Waals surface area (Å²) < 4.78 is 5.58. The van der Waals surface area contributed by atoms with Crippen LogP contribution in [0.15, 0.2) is 12.3 Å². The lowest BCUT2D eigenvalue weighted by Crippen LogP contribution is -2.65. The summed E-state index contributed by atoms with van der Waals surface area (Å²) >= 11 is 0. The van der Waals surface area contributed by atoms with Crippen LogP contribution in [0.25, 0.3) is 0 Å². The molecule has 1 aliphatic heterocycles. The van der Waals surface area contributed by atoms with E-state index >= 15 is 0 Å². The number of ether oxygens (including phenoxy) is 1. The van der Waals surface area contributed by atoms with Gasteiger partial charge in [-0.05, 0) is 6.42 Å². The molecule has 1 saturated heterocycles. The van der Waals surface area contributed by atoms with Gasteiger partial charge in [0, 0.05) is 24.6 Å². The molecule has 20 heavy (non-hydrogen) atoms. The molecule has 1 saturated carbocycles. The molecule has 0 bridgehead atoms. The minimum atomic E-state index is -0.581. The molecule has 3 N–H and O–H groups in total. The average Bonchev–Trinajstić information content (AvgIpc) is 2.89. The van der Waals surface area contributed by atoms with E-state index in [0.29, 0.717) is 18.3 Å². The van der Waals surface area contributed by atoms with Crippen molar-refractivity contribution < 1.29 is 9.66 Å². The van der Waals surface area contributed by atoms with Crippen molar-refractivity contribution in [1.82, 2.24) is 4.98 Å². The molecule has 0 amide bonds. The average molecular weight is 275 g/mol. The van der Waals surface area contributed by atoms with Crippen molar-refractivity contribution in [3.05, 3.63) is 27.9 Å². The van der Waals surface area contributed by atoms with Crippen molar-refractivity contribution in [1.29, 1.82) is 5.26 Å². The highest BCUT2D eigenvalue weighted by Gasteiger charge is 2.52. The fourth-order valence-electron chi connectivity index (χ4n) is 2.84. The van der Waals surface area contributed by atoms with Gasteiger partial charge >= 0.3 is 0 Å². The van der Waals surface area contributed by atoms with Crippen LogP contribution >= 0.6 is 0 Å². The predicted molar refractivity (Wildman–Crippen MR) is 68.8 cm³/mol. The Balaban J connectivity index is 1.81. The van der Waals surface area contributed by atoms with Crippen molar-refractivity contribution in [2.45, 2.75) is 24.6 Å². The molecule has 2 aliphatic rings. The van der Waals surface area contributed by atoms with Gasteiger partial charge in [0.1, 0.15) is 23.6 Å². The van der Waals surface area contributed by atoms with Crippen LogP contribution in [0, 0.1) is 27.4 Å². The number of nitrogens with two attached hydrogens (primary N) is 1. The van der Waals surface area contributed by atoms with Crippen LogP contribution in [-0.4, -0.2) is 34.7 Å². The van der Waals surface area contributed by atoms with Crippen molar-refractivity contribution in [2.24, 2.45) is 11.7 Å². The van der Waals surface area contributed by atoms with Gasteiger partial charge in [-0.25, -0.2) is 4.98 Å². The highest BCUT2D eigenvalue weighted by Crippen LogP contribution is 2.39. The first-order valence-corrected chi connectivity index (χ1v) is 6.30. The number of fused-ring (bicyclic) bond motifs is 1. The lowest BCUT2D eigenvalue weighted by Gasteiger charge is -2.45. The molecule has 104 valence electrons. The summed E-state index contributed by atoms with van der Waals surface area (Å²) in [6, 6.07) is 2.95. The number of nitro groups is 1. The molecule has 8 nitrogen and oxygen atoms in total. The third-order valence-electron chi connectivity index (χ3n) is 3.95. The predicted octanol–water partition coefficient (Wildman–Crippen LogP) is 0.388. The van der Waals surface area contributed by atoms with Crippen LogP contribution in [-0.2, 0) is 4.74 Å². The zero-order valence-corrected chi connectivity index (χ0v) is 10.5. The van der Waals surface area contributed by atoms with Gasteiger partial charge in [0.25, 0.3) is 5.69 Å². The van der Waals surface area contributed by atoms with E-state index in [4.69, 9.17) is 15.7 Å². The zero-order valence-electron chi connectivity index (χ0n) is 10.5. The number of hydrogen-bond acceptors (Lipinski definition) is 7. The Bertz CT molecular complexity index is 599. The molecule has 2 fully saturated rings. The molecule has 0 aromatic carbocycles. The van der Waals surface area contributed by atoms with Crippen LogP contribution in [0.2, 0.25) is 0 Å². The van der Waals surface area contributed by atoms with Gasteiger partial charge in [-0.2, -0.15) is 5.26 Å². The van der Waals surface area contributed by atoms with Crippen LogP contribution in [0.4, 0.5) is 11.5 Å². The lowest BCUT2D eigenvalue weighted by molar-refractivity contribution is -0.385. The van der Waals surface area contributed by atoms with Gasteiger partial charge in [-0.15, -0.1) is 0 Å². The Morgan fingerprint density at radius 2 is 2.45 bits per heavy atom. The summed E-state index contributed by atoms with van der Waals surface area (Å²) in [6.45, 7) is 0.694. The molecule has 1 aromatic rings. The number of anilines is 1. The Labute approximate surface area is 114 Å². The van der Waals surface area contributed by atoms with Crippen molar-refractivity contribution in [3.63, 3.8) is 0 Å². The molecule has 0 spiro atoms. The van der Waals surface area contributed by atoms with E-state index in [-0.39, 0.29) is 29.4 Å². The summed E-state index contributed by atoms with van der Waals surface area (Å²) in [4.78, 5) is 14.0. The second kappa shape index (κ2) is 4.70. The van der Waals surface area contributed by atoms with E-state index in [9.17, 15) is 10.1 Å². The zero-order chi connectivity index (χ0) is 14.3. The molecule has 4 unspecified atom stereocenters. The van der Waals surface area contributed by atoms with E-state index < -0.39 is 4.92 Å². The number of rotatable bonds is 3. The third kappa shape index (κ3) is 1.88. The fraction of sp³-hybridized carbons (Fsp3) is 0.500. The van der Waals surface area contributed by atoms with Gasteiger partial charge in [0.2, 0.25) is 0 Å². The molecule has 4 atom stereocenters. The number of hydrogen-bond donors (Lipinski definition) is 2. The molecule has 3 rings (SSSR count). The first-order chi connectivity index (χ1) is 9.61. The number of aromatic nitrogens is 1. The van der Waals surface area contributed by atoms with Crippen molar-refractivity contribution in [3.8, 4) is 6.07 Å². The Morgan fingerprint density at radius 3 is 3.15 bits per heavy atom. The number of nitriles is 1.